The van der Waals surface area contributed by atoms with E-state index in [4.69, 9.17) is 10.8 Å². The van der Waals surface area contributed by atoms with Crippen molar-refractivity contribution in [2.75, 3.05) is 5.73 Å². The first kappa shape index (κ1) is 13.6. The van der Waals surface area contributed by atoms with Crippen molar-refractivity contribution >= 4 is 11.7 Å². The molecule has 3 N–H and O–H groups in total. The largest absolute Gasteiger partial charge is 0.481 e. The number of carbonyl (C=O) groups is 1. The van der Waals surface area contributed by atoms with E-state index < -0.39 is 5.97 Å². The van der Waals surface area contributed by atoms with Crippen molar-refractivity contribution in [2.45, 2.75) is 46.5 Å². The van der Waals surface area contributed by atoms with E-state index in [2.05, 4.69) is 20.8 Å². The first-order chi connectivity index (χ1) is 7.64. The van der Waals surface area contributed by atoms with Gasteiger partial charge in [-0.25, -0.2) is 0 Å². The van der Waals surface area contributed by atoms with Gasteiger partial charge in [-0.3, -0.25) is 4.79 Å². The number of hydrogen-bond donors (Lipinski definition) is 2. The molecular formula is C14H21NO2. The predicted octanol–water partition coefficient (Wildman–Crippen LogP) is 2.81. The molecule has 0 saturated heterocycles. The SMILES string of the molecule is Cc1cc(C(C)(C)C)c(N)c(C)c1CC(=O)O. The summed E-state index contributed by atoms with van der Waals surface area (Å²) in [6, 6.07) is 2.01. The lowest BCUT2D eigenvalue weighted by Gasteiger charge is -2.25. The quantitative estimate of drug-likeness (QED) is 0.775. The molecule has 17 heavy (non-hydrogen) atoms. The number of nitrogens with two attached hydrogens (primary N) is 1. The van der Waals surface area contributed by atoms with E-state index in [-0.39, 0.29) is 11.8 Å². The fraction of sp³-hybridized carbons (Fsp3) is 0.500. The van der Waals surface area contributed by atoms with Crippen molar-refractivity contribution in [1.29, 1.82) is 0 Å². The van der Waals surface area contributed by atoms with Gasteiger partial charge in [-0.15, -0.1) is 0 Å². The highest BCUT2D eigenvalue weighted by atomic mass is 16.4. The number of carboxylic acids is 1. The van der Waals surface area contributed by atoms with Crippen LogP contribution in [0.25, 0.3) is 0 Å². The monoisotopic (exact) mass is 235 g/mol. The molecule has 3 nitrogen and oxygen atoms in total. The number of aliphatic carboxylic acids is 1. The lowest BCUT2D eigenvalue weighted by molar-refractivity contribution is -0.136. The van der Waals surface area contributed by atoms with Gasteiger partial charge in [0.2, 0.25) is 0 Å². The molecule has 0 heterocycles. The molecule has 0 aromatic heterocycles. The molecule has 0 aliphatic carbocycles. The highest BCUT2D eigenvalue weighted by molar-refractivity contribution is 5.73. The Morgan fingerprint density at radius 2 is 1.88 bits per heavy atom. The Bertz CT molecular complexity index is 456. The Hall–Kier alpha value is -1.51. The lowest BCUT2D eigenvalue weighted by Crippen LogP contribution is -2.17. The molecule has 1 aromatic carbocycles. The molecule has 0 spiro atoms. The zero-order chi connectivity index (χ0) is 13.4. The maximum Gasteiger partial charge on any atom is 0.307 e. The fourth-order valence-corrected chi connectivity index (χ4v) is 2.09. The summed E-state index contributed by atoms with van der Waals surface area (Å²) in [5.74, 6) is -0.820. The summed E-state index contributed by atoms with van der Waals surface area (Å²) in [5.41, 5.74) is 10.6. The third-order valence-electron chi connectivity index (χ3n) is 3.12. The van der Waals surface area contributed by atoms with Gasteiger partial charge < -0.3 is 10.8 Å². The molecule has 1 aromatic rings. The van der Waals surface area contributed by atoms with Crippen molar-refractivity contribution < 1.29 is 9.90 Å². The fourth-order valence-electron chi connectivity index (χ4n) is 2.09. The average Bonchev–Trinajstić information content (AvgIpc) is 2.16. The van der Waals surface area contributed by atoms with E-state index in [0.29, 0.717) is 0 Å². The van der Waals surface area contributed by atoms with E-state index in [1.807, 2.05) is 19.9 Å². The van der Waals surface area contributed by atoms with Gasteiger partial charge in [-0.1, -0.05) is 26.8 Å². The van der Waals surface area contributed by atoms with Gasteiger partial charge in [-0.2, -0.15) is 0 Å². The first-order valence-corrected chi connectivity index (χ1v) is 5.75. The van der Waals surface area contributed by atoms with E-state index in [9.17, 15) is 4.79 Å². The molecule has 0 bridgehead atoms. The molecule has 0 unspecified atom stereocenters. The van der Waals surface area contributed by atoms with Crippen LogP contribution in [0.4, 0.5) is 5.69 Å². The van der Waals surface area contributed by atoms with Crippen molar-refractivity contribution in [3.05, 3.63) is 28.3 Å². The molecule has 3 heteroatoms. The lowest BCUT2D eigenvalue weighted by atomic mass is 9.81. The second-order valence-electron chi connectivity index (χ2n) is 5.58. The molecule has 1 rings (SSSR count). The topological polar surface area (TPSA) is 63.3 Å². The molecule has 0 saturated carbocycles. The second-order valence-corrected chi connectivity index (χ2v) is 5.58. The summed E-state index contributed by atoms with van der Waals surface area (Å²) in [6.45, 7) is 10.2. The predicted molar refractivity (Wildman–Crippen MR) is 70.4 cm³/mol. The summed E-state index contributed by atoms with van der Waals surface area (Å²) >= 11 is 0. The Morgan fingerprint density at radius 1 is 1.35 bits per heavy atom. The Balaban J connectivity index is 3.42. The summed E-state index contributed by atoms with van der Waals surface area (Å²) in [6.07, 6.45) is 0.0340. The third-order valence-corrected chi connectivity index (χ3v) is 3.12. The molecule has 94 valence electrons. The van der Waals surface area contributed by atoms with Crippen LogP contribution in [0.2, 0.25) is 0 Å². The van der Waals surface area contributed by atoms with Crippen molar-refractivity contribution in [1.82, 2.24) is 0 Å². The zero-order valence-electron chi connectivity index (χ0n) is 11.2. The maximum atomic E-state index is 10.8. The molecule has 0 amide bonds. The van der Waals surface area contributed by atoms with E-state index in [0.717, 1.165) is 27.9 Å². The second kappa shape index (κ2) is 4.40. The smallest absolute Gasteiger partial charge is 0.307 e. The molecule has 0 radical (unpaired) electrons. The van der Waals surface area contributed by atoms with Gasteiger partial charge in [0.05, 0.1) is 6.42 Å². The van der Waals surface area contributed by atoms with Gasteiger partial charge in [0.15, 0.2) is 0 Å². The molecule has 0 fully saturated rings. The van der Waals surface area contributed by atoms with Crippen LogP contribution in [0.1, 0.15) is 43.0 Å². The van der Waals surface area contributed by atoms with E-state index in [1.165, 1.54) is 0 Å². The minimum Gasteiger partial charge on any atom is -0.481 e. The van der Waals surface area contributed by atoms with Crippen LogP contribution in [-0.2, 0) is 16.6 Å². The van der Waals surface area contributed by atoms with Crippen LogP contribution in [0.15, 0.2) is 6.07 Å². The summed E-state index contributed by atoms with van der Waals surface area (Å²) < 4.78 is 0. The summed E-state index contributed by atoms with van der Waals surface area (Å²) in [4.78, 5) is 10.8. The van der Waals surface area contributed by atoms with Crippen molar-refractivity contribution in [2.24, 2.45) is 0 Å². The van der Waals surface area contributed by atoms with Crippen LogP contribution < -0.4 is 5.73 Å². The van der Waals surface area contributed by atoms with Crippen LogP contribution in [0.3, 0.4) is 0 Å². The van der Waals surface area contributed by atoms with Crippen molar-refractivity contribution in [3.63, 3.8) is 0 Å². The van der Waals surface area contributed by atoms with Crippen LogP contribution in [-0.4, -0.2) is 11.1 Å². The van der Waals surface area contributed by atoms with Crippen LogP contribution >= 0.6 is 0 Å². The summed E-state index contributed by atoms with van der Waals surface area (Å²) in [7, 11) is 0. The van der Waals surface area contributed by atoms with Gasteiger partial charge >= 0.3 is 5.97 Å². The standard InChI is InChI=1S/C14H21NO2/c1-8-6-11(14(3,4)5)13(15)9(2)10(8)7-12(16)17/h6H,7,15H2,1-5H3,(H,16,17). The van der Waals surface area contributed by atoms with E-state index >= 15 is 0 Å². The highest BCUT2D eigenvalue weighted by Gasteiger charge is 2.21. The van der Waals surface area contributed by atoms with Gasteiger partial charge in [0.1, 0.15) is 0 Å². The molecule has 0 aliphatic rings. The first-order valence-electron chi connectivity index (χ1n) is 5.75. The normalized spacial score (nSPS) is 11.6. The Labute approximate surface area is 103 Å². The Morgan fingerprint density at radius 3 is 2.29 bits per heavy atom. The van der Waals surface area contributed by atoms with Gasteiger partial charge in [0, 0.05) is 5.69 Å². The summed E-state index contributed by atoms with van der Waals surface area (Å²) in [5, 5.41) is 8.90. The minimum absolute atomic E-state index is 0.0264. The molecule has 0 atom stereocenters. The number of anilines is 1. The molecular weight excluding hydrogens is 214 g/mol. The zero-order valence-corrected chi connectivity index (χ0v) is 11.2. The molecule has 0 aliphatic heterocycles. The van der Waals surface area contributed by atoms with Crippen molar-refractivity contribution in [3.8, 4) is 0 Å². The van der Waals surface area contributed by atoms with Crippen LogP contribution in [0.5, 0.6) is 0 Å². The van der Waals surface area contributed by atoms with E-state index in [1.54, 1.807) is 0 Å². The maximum absolute atomic E-state index is 10.8. The number of hydrogen-bond acceptors (Lipinski definition) is 2. The average molecular weight is 235 g/mol. The number of carboxylic acid groups (broad SMARTS) is 1. The number of nitrogen functional groups attached to an aromatic ring is 1. The van der Waals surface area contributed by atoms with Gasteiger partial charge in [0.25, 0.3) is 0 Å². The third kappa shape index (κ3) is 2.78. The van der Waals surface area contributed by atoms with Gasteiger partial charge in [-0.05, 0) is 41.5 Å². The highest BCUT2D eigenvalue weighted by Crippen LogP contribution is 2.33. The number of aryl methyl sites for hydroxylation is 1. The minimum atomic E-state index is -0.820. The number of benzene rings is 1. The van der Waals surface area contributed by atoms with Crippen LogP contribution in [0, 0.1) is 13.8 Å². The number of rotatable bonds is 2. The Kier molecular flexibility index (Phi) is 3.51.